The zero-order valence-corrected chi connectivity index (χ0v) is 25.4. The monoisotopic (exact) mass is 500 g/mol. The smallest absolute Gasteiger partial charge is 0.133 e. The van der Waals surface area contributed by atoms with E-state index in [0.29, 0.717) is 0 Å². The SMILES string of the molecule is C=C=COc1cc(C(C)(C)C)c(Cc2c(C(C)(C)C)cc(OC=C=C)cc2C(C)(C)C)c(C(C)(C)C)c1. The third-order valence-corrected chi connectivity index (χ3v) is 6.59. The van der Waals surface area contributed by atoms with Crippen molar-refractivity contribution in [3.63, 3.8) is 0 Å². The normalized spacial score (nSPS) is 12.4. The van der Waals surface area contributed by atoms with Crippen LogP contribution in [-0.4, -0.2) is 0 Å². The molecule has 2 aromatic carbocycles. The van der Waals surface area contributed by atoms with Gasteiger partial charge in [-0.15, -0.1) is 0 Å². The first kappa shape index (κ1) is 30.3. The Hall–Kier alpha value is -2.92. The summed E-state index contributed by atoms with van der Waals surface area (Å²) in [6.07, 6.45) is 3.88. The lowest BCUT2D eigenvalue weighted by Crippen LogP contribution is -2.25. The summed E-state index contributed by atoms with van der Waals surface area (Å²) in [5.74, 6) is 1.64. The van der Waals surface area contributed by atoms with Crippen LogP contribution in [0.4, 0.5) is 0 Å². The molecule has 37 heavy (non-hydrogen) atoms. The van der Waals surface area contributed by atoms with Gasteiger partial charge in [0.15, 0.2) is 0 Å². The van der Waals surface area contributed by atoms with Gasteiger partial charge in [0.1, 0.15) is 24.0 Å². The van der Waals surface area contributed by atoms with Crippen molar-refractivity contribution in [2.24, 2.45) is 0 Å². The van der Waals surface area contributed by atoms with Gasteiger partial charge in [-0.25, -0.2) is 0 Å². The van der Waals surface area contributed by atoms with E-state index in [2.05, 4.69) is 132 Å². The molecular formula is C35H48O2. The highest BCUT2D eigenvalue weighted by Gasteiger charge is 2.31. The van der Waals surface area contributed by atoms with Gasteiger partial charge >= 0.3 is 0 Å². The van der Waals surface area contributed by atoms with Crippen molar-refractivity contribution in [1.82, 2.24) is 0 Å². The van der Waals surface area contributed by atoms with Crippen LogP contribution in [0.5, 0.6) is 11.5 Å². The van der Waals surface area contributed by atoms with E-state index in [9.17, 15) is 0 Å². The van der Waals surface area contributed by atoms with Crippen LogP contribution >= 0.6 is 0 Å². The standard InChI is InChI=1S/C35H48O2/c1-15-17-36-24-19-28(32(3,4)5)26(29(20-24)33(6,7)8)23-27-30(34(9,10)11)21-25(37-18-16-2)22-31(27)35(12,13)14/h17-22H,1-2,23H2,3-14H3. The van der Waals surface area contributed by atoms with Crippen LogP contribution in [0.15, 0.2) is 61.4 Å². The molecule has 0 amide bonds. The van der Waals surface area contributed by atoms with E-state index < -0.39 is 0 Å². The number of hydrogen-bond donors (Lipinski definition) is 0. The van der Waals surface area contributed by atoms with Gasteiger partial charge in [0, 0.05) is 0 Å². The van der Waals surface area contributed by atoms with Crippen LogP contribution in [0.3, 0.4) is 0 Å². The molecular weight excluding hydrogens is 452 g/mol. The van der Waals surface area contributed by atoms with E-state index in [1.807, 2.05) is 0 Å². The Balaban J connectivity index is 3.02. The van der Waals surface area contributed by atoms with Crippen molar-refractivity contribution in [3.8, 4) is 11.5 Å². The molecule has 0 bridgehead atoms. The molecule has 200 valence electrons. The molecule has 2 aromatic rings. The molecule has 0 heterocycles. The molecule has 0 saturated carbocycles. The predicted octanol–water partition coefficient (Wildman–Crippen LogP) is 9.82. The van der Waals surface area contributed by atoms with Gasteiger partial charge in [0.05, 0.1) is 0 Å². The summed E-state index contributed by atoms with van der Waals surface area (Å²) in [7, 11) is 0. The lowest BCUT2D eigenvalue weighted by atomic mass is 9.70. The topological polar surface area (TPSA) is 18.5 Å². The highest BCUT2D eigenvalue weighted by atomic mass is 16.5. The fourth-order valence-corrected chi connectivity index (χ4v) is 4.88. The van der Waals surface area contributed by atoms with Gasteiger partial charge < -0.3 is 9.47 Å². The number of rotatable bonds is 6. The molecule has 0 unspecified atom stereocenters. The molecule has 2 nitrogen and oxygen atoms in total. The zero-order valence-electron chi connectivity index (χ0n) is 25.4. The summed E-state index contributed by atoms with van der Waals surface area (Å²) < 4.78 is 11.8. The fourth-order valence-electron chi connectivity index (χ4n) is 4.88. The summed E-state index contributed by atoms with van der Waals surface area (Å²) in [6, 6.07) is 8.77. The summed E-state index contributed by atoms with van der Waals surface area (Å²) in [6.45, 7) is 34.6. The molecule has 0 radical (unpaired) electrons. The Labute approximate surface area is 226 Å². The third-order valence-electron chi connectivity index (χ3n) is 6.59. The average molecular weight is 501 g/mol. The van der Waals surface area contributed by atoms with E-state index in [1.54, 1.807) is 0 Å². The first-order chi connectivity index (χ1) is 16.8. The first-order valence-electron chi connectivity index (χ1n) is 13.2. The van der Waals surface area contributed by atoms with Gasteiger partial charge in [-0.05, 0) is 85.7 Å². The molecule has 2 heteroatoms. The van der Waals surface area contributed by atoms with Crippen LogP contribution in [-0.2, 0) is 28.1 Å². The maximum atomic E-state index is 5.91. The second-order valence-electron chi connectivity index (χ2n) is 14.1. The van der Waals surface area contributed by atoms with Gasteiger partial charge in [-0.1, -0.05) is 108 Å². The molecule has 0 saturated heterocycles. The molecule has 0 atom stereocenters. The Bertz CT molecular complexity index is 1050. The largest absolute Gasteiger partial charge is 0.457 e. The molecule has 0 aliphatic heterocycles. The van der Waals surface area contributed by atoms with Crippen molar-refractivity contribution in [2.75, 3.05) is 0 Å². The van der Waals surface area contributed by atoms with Crippen molar-refractivity contribution >= 4 is 0 Å². The lowest BCUT2D eigenvalue weighted by molar-refractivity contribution is 0.469. The minimum atomic E-state index is -0.0752. The molecule has 0 fully saturated rings. The van der Waals surface area contributed by atoms with Crippen LogP contribution in [0.25, 0.3) is 0 Å². The Morgan fingerprint density at radius 1 is 0.541 bits per heavy atom. The minimum Gasteiger partial charge on any atom is -0.457 e. The maximum absolute atomic E-state index is 5.91. The molecule has 0 aliphatic rings. The average Bonchev–Trinajstić information content (AvgIpc) is 2.74. The van der Waals surface area contributed by atoms with Gasteiger partial charge in [0.2, 0.25) is 0 Å². The van der Waals surface area contributed by atoms with Crippen LogP contribution in [0, 0.1) is 0 Å². The quantitative estimate of drug-likeness (QED) is 0.290. The summed E-state index contributed by atoms with van der Waals surface area (Å²) in [5.41, 5.74) is 13.1. The molecule has 0 spiro atoms. The van der Waals surface area contributed by atoms with E-state index in [-0.39, 0.29) is 21.7 Å². The van der Waals surface area contributed by atoms with Crippen LogP contribution in [0.2, 0.25) is 0 Å². The van der Waals surface area contributed by atoms with Gasteiger partial charge in [-0.2, -0.15) is 0 Å². The van der Waals surface area contributed by atoms with Crippen LogP contribution < -0.4 is 9.47 Å². The highest BCUT2D eigenvalue weighted by Crippen LogP contribution is 2.43. The minimum absolute atomic E-state index is 0.0752. The molecule has 0 N–H and O–H groups in total. The van der Waals surface area contributed by atoms with E-state index >= 15 is 0 Å². The molecule has 2 rings (SSSR count). The van der Waals surface area contributed by atoms with E-state index in [4.69, 9.17) is 9.47 Å². The number of ether oxygens (including phenoxy) is 2. The number of hydrogen-bond acceptors (Lipinski definition) is 2. The fraction of sp³-hybridized carbons (Fsp3) is 0.486. The summed E-state index contributed by atoms with van der Waals surface area (Å²) in [4.78, 5) is 0. The Morgan fingerprint density at radius 2 is 0.784 bits per heavy atom. The maximum Gasteiger partial charge on any atom is 0.133 e. The van der Waals surface area contributed by atoms with Crippen molar-refractivity contribution in [2.45, 2.75) is 111 Å². The van der Waals surface area contributed by atoms with E-state index in [0.717, 1.165) is 17.9 Å². The van der Waals surface area contributed by atoms with E-state index in [1.165, 1.54) is 45.9 Å². The van der Waals surface area contributed by atoms with Gasteiger partial charge in [0.25, 0.3) is 0 Å². The Kier molecular flexibility index (Phi) is 8.87. The Morgan fingerprint density at radius 3 is 0.973 bits per heavy atom. The van der Waals surface area contributed by atoms with Gasteiger partial charge in [-0.3, -0.25) is 0 Å². The van der Waals surface area contributed by atoms with Crippen molar-refractivity contribution in [3.05, 3.63) is 94.8 Å². The van der Waals surface area contributed by atoms with Crippen LogP contribution in [0.1, 0.15) is 116 Å². The summed E-state index contributed by atoms with van der Waals surface area (Å²) >= 11 is 0. The van der Waals surface area contributed by atoms with Crippen molar-refractivity contribution in [1.29, 1.82) is 0 Å². The van der Waals surface area contributed by atoms with Crippen molar-refractivity contribution < 1.29 is 9.47 Å². The lowest BCUT2D eigenvalue weighted by Gasteiger charge is -2.34. The third kappa shape index (κ3) is 7.54. The predicted molar refractivity (Wildman–Crippen MR) is 159 cm³/mol. The molecule has 0 aromatic heterocycles. The second kappa shape index (κ2) is 10.8. The molecule has 0 aliphatic carbocycles. The first-order valence-corrected chi connectivity index (χ1v) is 13.2. The second-order valence-corrected chi connectivity index (χ2v) is 14.1. The highest BCUT2D eigenvalue weighted by molar-refractivity contribution is 5.55. The zero-order chi connectivity index (χ0) is 28.4. The number of benzene rings is 2. The summed E-state index contributed by atoms with van der Waals surface area (Å²) in [5, 5.41) is 0.